The van der Waals surface area contributed by atoms with Crippen LogP contribution in [0.4, 0.5) is 10.1 Å². The number of aldehydes is 1. The lowest BCUT2D eigenvalue weighted by Crippen LogP contribution is -1.97. The van der Waals surface area contributed by atoms with Gasteiger partial charge in [0.25, 0.3) is 0 Å². The van der Waals surface area contributed by atoms with Crippen molar-refractivity contribution in [3.8, 4) is 0 Å². The minimum Gasteiger partial charge on any atom is -0.396 e. The van der Waals surface area contributed by atoms with E-state index in [-0.39, 0.29) is 11.3 Å². The van der Waals surface area contributed by atoms with E-state index in [0.29, 0.717) is 6.29 Å². The van der Waals surface area contributed by atoms with Crippen LogP contribution in [0.1, 0.15) is 10.4 Å². The molecule has 1 rings (SSSR count). The molecular formula is C6H5FN2O. The van der Waals surface area contributed by atoms with E-state index in [1.807, 2.05) is 0 Å². The van der Waals surface area contributed by atoms with Gasteiger partial charge in [0.05, 0.1) is 17.4 Å². The molecule has 0 amide bonds. The van der Waals surface area contributed by atoms with Gasteiger partial charge in [0, 0.05) is 6.20 Å². The summed E-state index contributed by atoms with van der Waals surface area (Å²) >= 11 is 0. The van der Waals surface area contributed by atoms with Crippen molar-refractivity contribution >= 4 is 12.0 Å². The molecule has 0 saturated carbocycles. The van der Waals surface area contributed by atoms with Crippen LogP contribution < -0.4 is 5.73 Å². The number of hydrogen-bond donors (Lipinski definition) is 1. The zero-order chi connectivity index (χ0) is 7.56. The zero-order valence-corrected chi connectivity index (χ0v) is 5.04. The van der Waals surface area contributed by atoms with Crippen molar-refractivity contribution in [2.75, 3.05) is 5.73 Å². The summed E-state index contributed by atoms with van der Waals surface area (Å²) in [7, 11) is 0. The summed E-state index contributed by atoms with van der Waals surface area (Å²) in [5, 5.41) is 0. The number of carbonyl (C=O) groups is 1. The quantitative estimate of drug-likeness (QED) is 0.581. The van der Waals surface area contributed by atoms with E-state index in [4.69, 9.17) is 5.73 Å². The van der Waals surface area contributed by atoms with Crippen LogP contribution >= 0.6 is 0 Å². The number of rotatable bonds is 1. The molecular weight excluding hydrogens is 135 g/mol. The number of anilines is 1. The Kier molecular flexibility index (Phi) is 1.62. The van der Waals surface area contributed by atoms with Gasteiger partial charge in [0.2, 0.25) is 0 Å². The summed E-state index contributed by atoms with van der Waals surface area (Å²) in [6, 6.07) is 0. The smallest absolute Gasteiger partial charge is 0.165 e. The molecule has 0 aliphatic rings. The van der Waals surface area contributed by atoms with Gasteiger partial charge in [-0.1, -0.05) is 0 Å². The predicted molar refractivity (Wildman–Crippen MR) is 34.0 cm³/mol. The summed E-state index contributed by atoms with van der Waals surface area (Å²) in [6.45, 7) is 0. The van der Waals surface area contributed by atoms with Crippen molar-refractivity contribution < 1.29 is 9.18 Å². The molecule has 1 heterocycles. The van der Waals surface area contributed by atoms with Gasteiger partial charge in [0.1, 0.15) is 0 Å². The number of nitrogens with two attached hydrogens (primary N) is 1. The molecule has 0 atom stereocenters. The molecule has 0 saturated heterocycles. The molecule has 0 aromatic carbocycles. The van der Waals surface area contributed by atoms with Gasteiger partial charge in [-0.15, -0.1) is 0 Å². The first-order chi connectivity index (χ1) is 4.75. The van der Waals surface area contributed by atoms with Crippen LogP contribution in [0, 0.1) is 5.82 Å². The Bertz CT molecular complexity index is 262. The van der Waals surface area contributed by atoms with Crippen molar-refractivity contribution in [3.63, 3.8) is 0 Å². The number of nitrogen functional groups attached to an aromatic ring is 1. The molecule has 0 radical (unpaired) electrons. The van der Waals surface area contributed by atoms with Crippen LogP contribution in [0.3, 0.4) is 0 Å². The highest BCUT2D eigenvalue weighted by Gasteiger charge is 2.02. The van der Waals surface area contributed by atoms with Gasteiger partial charge in [-0.05, 0) is 0 Å². The molecule has 3 nitrogen and oxygen atoms in total. The minimum absolute atomic E-state index is 0.0833. The molecule has 2 N–H and O–H groups in total. The van der Waals surface area contributed by atoms with Crippen molar-refractivity contribution in [2.45, 2.75) is 0 Å². The second kappa shape index (κ2) is 2.43. The first kappa shape index (κ1) is 6.67. The van der Waals surface area contributed by atoms with Crippen molar-refractivity contribution in [3.05, 3.63) is 23.8 Å². The topological polar surface area (TPSA) is 56.0 Å². The number of aromatic nitrogens is 1. The van der Waals surface area contributed by atoms with E-state index >= 15 is 0 Å². The normalized spacial score (nSPS) is 9.30. The third-order valence-corrected chi connectivity index (χ3v) is 1.10. The van der Waals surface area contributed by atoms with Gasteiger partial charge in [-0.25, -0.2) is 4.39 Å². The summed E-state index contributed by atoms with van der Waals surface area (Å²) < 4.78 is 12.4. The fraction of sp³-hybridized carbons (Fsp3) is 0. The van der Waals surface area contributed by atoms with Crippen LogP contribution in [0.5, 0.6) is 0 Å². The van der Waals surface area contributed by atoms with Crippen molar-refractivity contribution in [1.82, 2.24) is 4.98 Å². The highest BCUT2D eigenvalue weighted by Crippen LogP contribution is 2.10. The van der Waals surface area contributed by atoms with Gasteiger partial charge >= 0.3 is 0 Å². The largest absolute Gasteiger partial charge is 0.396 e. The SMILES string of the molecule is Nc1c(F)cncc1C=O. The van der Waals surface area contributed by atoms with E-state index in [9.17, 15) is 9.18 Å². The van der Waals surface area contributed by atoms with Gasteiger partial charge < -0.3 is 5.73 Å². The molecule has 0 unspecified atom stereocenters. The Morgan fingerprint density at radius 3 is 2.80 bits per heavy atom. The molecule has 0 fully saturated rings. The summed E-state index contributed by atoms with van der Waals surface area (Å²) in [5.41, 5.74) is 5.08. The molecule has 1 aromatic heterocycles. The molecule has 0 aliphatic carbocycles. The summed E-state index contributed by atoms with van der Waals surface area (Å²) in [6.07, 6.45) is 2.64. The maximum absolute atomic E-state index is 12.4. The number of pyridine rings is 1. The van der Waals surface area contributed by atoms with E-state index in [1.54, 1.807) is 0 Å². The highest BCUT2D eigenvalue weighted by atomic mass is 19.1. The lowest BCUT2D eigenvalue weighted by Gasteiger charge is -1.95. The monoisotopic (exact) mass is 140 g/mol. The van der Waals surface area contributed by atoms with Crippen LogP contribution in [-0.2, 0) is 0 Å². The van der Waals surface area contributed by atoms with E-state index in [1.165, 1.54) is 6.20 Å². The first-order valence-electron chi connectivity index (χ1n) is 2.60. The second-order valence-corrected chi connectivity index (χ2v) is 1.74. The van der Waals surface area contributed by atoms with Crippen LogP contribution in [-0.4, -0.2) is 11.3 Å². The third kappa shape index (κ3) is 0.953. The van der Waals surface area contributed by atoms with E-state index in [0.717, 1.165) is 6.20 Å². The van der Waals surface area contributed by atoms with Gasteiger partial charge in [0.15, 0.2) is 12.1 Å². The van der Waals surface area contributed by atoms with Crippen molar-refractivity contribution in [1.29, 1.82) is 0 Å². The van der Waals surface area contributed by atoms with Crippen molar-refractivity contribution in [2.24, 2.45) is 0 Å². The van der Waals surface area contributed by atoms with Crippen LogP contribution in [0.25, 0.3) is 0 Å². The summed E-state index contributed by atoms with van der Waals surface area (Å²) in [4.78, 5) is 13.5. The number of carbonyl (C=O) groups excluding carboxylic acids is 1. The number of nitrogens with zero attached hydrogens (tertiary/aromatic N) is 1. The number of hydrogen-bond acceptors (Lipinski definition) is 3. The maximum atomic E-state index is 12.4. The molecule has 10 heavy (non-hydrogen) atoms. The molecule has 52 valence electrons. The average molecular weight is 140 g/mol. The van der Waals surface area contributed by atoms with E-state index in [2.05, 4.69) is 4.98 Å². The molecule has 1 aromatic rings. The lowest BCUT2D eigenvalue weighted by atomic mass is 10.2. The third-order valence-electron chi connectivity index (χ3n) is 1.10. The first-order valence-corrected chi connectivity index (χ1v) is 2.60. The highest BCUT2D eigenvalue weighted by molar-refractivity contribution is 5.82. The number of halogens is 1. The van der Waals surface area contributed by atoms with E-state index < -0.39 is 5.82 Å². The molecule has 0 aliphatic heterocycles. The molecule has 0 spiro atoms. The Balaban J connectivity index is 3.27. The fourth-order valence-corrected chi connectivity index (χ4v) is 0.554. The summed E-state index contributed by atoms with van der Waals surface area (Å²) in [5.74, 6) is -0.662. The fourth-order valence-electron chi connectivity index (χ4n) is 0.554. The molecule has 4 heteroatoms. The zero-order valence-electron chi connectivity index (χ0n) is 5.04. The average Bonchev–Trinajstić information content (AvgIpc) is 1.95. The Hall–Kier alpha value is -1.45. The van der Waals surface area contributed by atoms with Gasteiger partial charge in [-0.2, -0.15) is 0 Å². The Morgan fingerprint density at radius 1 is 1.60 bits per heavy atom. The maximum Gasteiger partial charge on any atom is 0.165 e. The Labute approximate surface area is 56.7 Å². The van der Waals surface area contributed by atoms with Crippen LogP contribution in [0.15, 0.2) is 12.4 Å². The molecule has 0 bridgehead atoms. The standard InChI is InChI=1S/C6H5FN2O/c7-5-2-9-1-4(3-10)6(5)8/h1-3H,(H2,8,9). The lowest BCUT2D eigenvalue weighted by molar-refractivity contribution is 0.112. The Morgan fingerprint density at radius 2 is 2.30 bits per heavy atom. The predicted octanol–water partition coefficient (Wildman–Crippen LogP) is 0.615. The van der Waals surface area contributed by atoms with Crippen LogP contribution in [0.2, 0.25) is 0 Å². The van der Waals surface area contributed by atoms with Gasteiger partial charge in [-0.3, -0.25) is 9.78 Å². The minimum atomic E-state index is -0.662. The second-order valence-electron chi connectivity index (χ2n) is 1.74.